The molecule has 0 aliphatic carbocycles. The number of anilines is 1. The number of hydrogen-bond donors (Lipinski definition) is 1. The van der Waals surface area contributed by atoms with E-state index in [0.717, 1.165) is 16.6 Å². The summed E-state index contributed by atoms with van der Waals surface area (Å²) >= 11 is 2.62. The summed E-state index contributed by atoms with van der Waals surface area (Å²) in [6, 6.07) is 17.6. The van der Waals surface area contributed by atoms with Crippen LogP contribution in [0.2, 0.25) is 0 Å². The minimum absolute atomic E-state index is 0.00658. The number of amides is 1. The van der Waals surface area contributed by atoms with E-state index in [-0.39, 0.29) is 17.2 Å². The number of para-hydroxylation sites is 1. The fourth-order valence-corrected chi connectivity index (χ4v) is 4.23. The largest absolute Gasteiger partial charge is 0.545 e. The quantitative estimate of drug-likeness (QED) is 0.477. The van der Waals surface area contributed by atoms with Crippen LogP contribution in [0.15, 0.2) is 65.0 Å². The normalized spacial score (nSPS) is 10.8. The van der Waals surface area contributed by atoms with Crippen molar-refractivity contribution in [2.75, 3.05) is 11.1 Å². The Balaban J connectivity index is 1.39. The SMILES string of the molecule is O=C(CSc1nnc(-c2ccc3ccccc3n2)s1)Nc1cccc(C(=O)[O-])c1. The first-order chi connectivity index (χ1) is 14.1. The molecule has 2 heterocycles. The number of nitrogens with zero attached hydrogens (tertiary/aromatic N) is 3. The smallest absolute Gasteiger partial charge is 0.234 e. The van der Waals surface area contributed by atoms with Gasteiger partial charge in [0, 0.05) is 11.1 Å². The third kappa shape index (κ3) is 4.58. The molecule has 0 unspecified atom stereocenters. The van der Waals surface area contributed by atoms with Crippen LogP contribution in [0, 0.1) is 0 Å². The molecule has 1 N–H and O–H groups in total. The zero-order valence-corrected chi connectivity index (χ0v) is 16.5. The summed E-state index contributed by atoms with van der Waals surface area (Å²) in [5.74, 6) is -1.44. The van der Waals surface area contributed by atoms with Crippen LogP contribution in [0.5, 0.6) is 0 Å². The Kier molecular flexibility index (Phi) is 5.50. The van der Waals surface area contributed by atoms with Crippen molar-refractivity contribution in [3.05, 3.63) is 66.2 Å². The molecular weight excluding hydrogens is 408 g/mol. The predicted octanol–water partition coefficient (Wildman–Crippen LogP) is 2.85. The maximum Gasteiger partial charge on any atom is 0.234 e. The van der Waals surface area contributed by atoms with Gasteiger partial charge in [-0.3, -0.25) is 4.79 Å². The van der Waals surface area contributed by atoms with Gasteiger partial charge in [-0.25, -0.2) is 4.98 Å². The lowest BCUT2D eigenvalue weighted by Gasteiger charge is -2.07. The summed E-state index contributed by atoms with van der Waals surface area (Å²) in [7, 11) is 0. The Hall–Kier alpha value is -3.30. The van der Waals surface area contributed by atoms with Gasteiger partial charge in [-0.1, -0.05) is 59.5 Å². The number of carbonyl (C=O) groups is 2. The summed E-state index contributed by atoms with van der Waals surface area (Å²) in [4.78, 5) is 27.6. The summed E-state index contributed by atoms with van der Waals surface area (Å²) in [6.07, 6.45) is 0. The first-order valence-corrected chi connectivity index (χ1v) is 10.3. The van der Waals surface area contributed by atoms with Crippen molar-refractivity contribution < 1.29 is 14.7 Å². The molecule has 0 radical (unpaired) electrons. The molecule has 1 amide bonds. The number of aromatic carboxylic acids is 1. The molecular formula is C20H13N4O3S2-. The molecule has 2 aromatic carbocycles. The molecule has 9 heteroatoms. The molecule has 0 fully saturated rings. The average molecular weight is 421 g/mol. The standard InChI is InChI=1S/C20H14N4O3S2/c25-17(21-14-6-3-5-13(10-14)19(26)27)11-28-20-24-23-18(29-20)16-9-8-12-4-1-2-7-15(12)22-16/h1-10H,11H2,(H,21,25)(H,26,27)/p-1. The van der Waals surface area contributed by atoms with Crippen LogP contribution in [0.25, 0.3) is 21.6 Å². The highest BCUT2D eigenvalue weighted by molar-refractivity contribution is 8.01. The van der Waals surface area contributed by atoms with Gasteiger partial charge in [0.1, 0.15) is 5.69 Å². The molecule has 0 atom stereocenters. The van der Waals surface area contributed by atoms with Gasteiger partial charge < -0.3 is 15.2 Å². The monoisotopic (exact) mass is 421 g/mol. The number of aromatic nitrogens is 3. The average Bonchev–Trinajstić information content (AvgIpc) is 3.21. The zero-order chi connectivity index (χ0) is 20.2. The molecule has 0 bridgehead atoms. The van der Waals surface area contributed by atoms with Gasteiger partial charge >= 0.3 is 0 Å². The molecule has 0 saturated carbocycles. The first-order valence-electron chi connectivity index (χ1n) is 8.52. The van der Waals surface area contributed by atoms with Crippen molar-refractivity contribution in [3.8, 4) is 10.7 Å². The Labute approximate surface area is 173 Å². The van der Waals surface area contributed by atoms with Gasteiger partial charge in [0.2, 0.25) is 5.91 Å². The second-order valence-corrected chi connectivity index (χ2v) is 8.17. The number of hydrogen-bond acceptors (Lipinski definition) is 8. The zero-order valence-electron chi connectivity index (χ0n) is 14.9. The van der Waals surface area contributed by atoms with Crippen molar-refractivity contribution in [2.45, 2.75) is 4.34 Å². The van der Waals surface area contributed by atoms with E-state index in [1.165, 1.54) is 35.2 Å². The number of carboxylic acid groups (broad SMARTS) is 1. The lowest BCUT2D eigenvalue weighted by atomic mass is 10.2. The topological polar surface area (TPSA) is 108 Å². The molecule has 144 valence electrons. The highest BCUT2D eigenvalue weighted by atomic mass is 32.2. The number of carbonyl (C=O) groups excluding carboxylic acids is 2. The fraction of sp³-hybridized carbons (Fsp3) is 0.0500. The predicted molar refractivity (Wildman–Crippen MR) is 111 cm³/mol. The number of fused-ring (bicyclic) bond motifs is 1. The molecule has 4 aromatic rings. The van der Waals surface area contributed by atoms with Crippen LogP contribution in [0.1, 0.15) is 10.4 Å². The molecule has 0 spiro atoms. The maximum atomic E-state index is 12.1. The molecule has 29 heavy (non-hydrogen) atoms. The highest BCUT2D eigenvalue weighted by Gasteiger charge is 2.11. The van der Waals surface area contributed by atoms with Crippen LogP contribution in [0.4, 0.5) is 5.69 Å². The number of benzene rings is 2. The van der Waals surface area contributed by atoms with Gasteiger partial charge in [0.05, 0.1) is 17.2 Å². The lowest BCUT2D eigenvalue weighted by molar-refractivity contribution is -0.255. The minimum Gasteiger partial charge on any atom is -0.545 e. The van der Waals surface area contributed by atoms with Gasteiger partial charge in [0.15, 0.2) is 9.35 Å². The fourth-order valence-electron chi connectivity index (χ4n) is 2.61. The van der Waals surface area contributed by atoms with Crippen molar-refractivity contribution >= 4 is 51.6 Å². The molecule has 4 rings (SSSR count). The summed E-state index contributed by atoms with van der Waals surface area (Å²) in [5.41, 5.74) is 2.02. The Morgan fingerprint density at radius 3 is 2.76 bits per heavy atom. The Morgan fingerprint density at radius 1 is 1.03 bits per heavy atom. The van der Waals surface area contributed by atoms with Crippen LogP contribution in [-0.2, 0) is 4.79 Å². The number of pyridine rings is 1. The van der Waals surface area contributed by atoms with E-state index in [1.807, 2.05) is 36.4 Å². The molecule has 7 nitrogen and oxygen atoms in total. The second kappa shape index (κ2) is 8.38. The number of thioether (sulfide) groups is 1. The van der Waals surface area contributed by atoms with E-state index in [2.05, 4.69) is 20.5 Å². The van der Waals surface area contributed by atoms with Crippen molar-refractivity contribution in [2.24, 2.45) is 0 Å². The number of rotatable bonds is 6. The number of carboxylic acids is 1. The molecule has 0 aliphatic rings. The summed E-state index contributed by atoms with van der Waals surface area (Å²) < 4.78 is 0.647. The second-order valence-electron chi connectivity index (χ2n) is 5.97. The molecule has 2 aromatic heterocycles. The van der Waals surface area contributed by atoms with E-state index in [4.69, 9.17) is 0 Å². The first kappa shape index (κ1) is 19.0. The van der Waals surface area contributed by atoms with E-state index in [0.29, 0.717) is 15.0 Å². The highest BCUT2D eigenvalue weighted by Crippen LogP contribution is 2.29. The van der Waals surface area contributed by atoms with Crippen molar-refractivity contribution in [1.29, 1.82) is 0 Å². The minimum atomic E-state index is -1.29. The van der Waals surface area contributed by atoms with Crippen molar-refractivity contribution in [3.63, 3.8) is 0 Å². The van der Waals surface area contributed by atoms with E-state index in [1.54, 1.807) is 12.1 Å². The Bertz CT molecular complexity index is 1210. The van der Waals surface area contributed by atoms with E-state index in [9.17, 15) is 14.7 Å². The van der Waals surface area contributed by atoms with Gasteiger partial charge in [-0.2, -0.15) is 0 Å². The molecule has 0 aliphatic heterocycles. The summed E-state index contributed by atoms with van der Waals surface area (Å²) in [5, 5.41) is 23.6. The third-order valence-corrected chi connectivity index (χ3v) is 6.01. The lowest BCUT2D eigenvalue weighted by Crippen LogP contribution is -2.22. The Morgan fingerprint density at radius 2 is 1.90 bits per heavy atom. The van der Waals surface area contributed by atoms with Crippen molar-refractivity contribution in [1.82, 2.24) is 15.2 Å². The van der Waals surface area contributed by atoms with Gasteiger partial charge in [-0.05, 0) is 29.8 Å². The van der Waals surface area contributed by atoms with Gasteiger partial charge in [0.25, 0.3) is 0 Å². The number of nitrogens with one attached hydrogen (secondary N) is 1. The van der Waals surface area contributed by atoms with Crippen LogP contribution < -0.4 is 10.4 Å². The van der Waals surface area contributed by atoms with E-state index < -0.39 is 5.97 Å². The van der Waals surface area contributed by atoms with E-state index >= 15 is 0 Å². The maximum absolute atomic E-state index is 12.1. The van der Waals surface area contributed by atoms with Gasteiger partial charge in [-0.15, -0.1) is 10.2 Å². The summed E-state index contributed by atoms with van der Waals surface area (Å²) in [6.45, 7) is 0. The van der Waals surface area contributed by atoms with Crippen LogP contribution >= 0.6 is 23.1 Å². The van der Waals surface area contributed by atoms with Crippen LogP contribution in [-0.4, -0.2) is 32.8 Å². The van der Waals surface area contributed by atoms with Crippen LogP contribution in [0.3, 0.4) is 0 Å². The molecule has 0 saturated heterocycles. The third-order valence-electron chi connectivity index (χ3n) is 3.93.